The van der Waals surface area contributed by atoms with Crippen LogP contribution >= 0.6 is 11.6 Å². The quantitative estimate of drug-likeness (QED) is 0.657. The van der Waals surface area contributed by atoms with Gasteiger partial charge in [0.15, 0.2) is 5.76 Å². The summed E-state index contributed by atoms with van der Waals surface area (Å²) in [6.45, 7) is 1.41. The van der Waals surface area contributed by atoms with Gasteiger partial charge in [-0.1, -0.05) is 11.6 Å². The van der Waals surface area contributed by atoms with E-state index in [-0.39, 0.29) is 30.7 Å². The Morgan fingerprint density at radius 3 is 2.57 bits per heavy atom. The van der Waals surface area contributed by atoms with Crippen LogP contribution in [-0.2, 0) is 9.59 Å². The lowest BCUT2D eigenvalue weighted by molar-refractivity contribution is -0.131. The van der Waals surface area contributed by atoms with Crippen LogP contribution in [0.5, 0.6) is 0 Å². The minimum Gasteiger partial charge on any atom is -0.459 e. The van der Waals surface area contributed by atoms with Gasteiger partial charge in [-0.3, -0.25) is 14.4 Å². The third-order valence-electron chi connectivity index (χ3n) is 4.31. The Kier molecular flexibility index (Phi) is 6.54. The fourth-order valence-electron chi connectivity index (χ4n) is 2.86. The van der Waals surface area contributed by atoms with Crippen molar-refractivity contribution in [3.05, 3.63) is 47.4 Å². The van der Waals surface area contributed by atoms with Crippen LogP contribution in [0.2, 0.25) is 5.02 Å². The van der Waals surface area contributed by atoms with Gasteiger partial charge in [-0.05, 0) is 43.2 Å². The number of likely N-dealkylation sites (tertiary alicyclic amines) is 1. The van der Waals surface area contributed by atoms with E-state index in [1.54, 1.807) is 29.2 Å². The van der Waals surface area contributed by atoms with Crippen LogP contribution in [0.25, 0.3) is 0 Å². The fraction of sp³-hybridized carbons (Fsp3) is 0.316. The van der Waals surface area contributed by atoms with E-state index < -0.39 is 5.91 Å². The Balaban J connectivity index is 1.54. The highest BCUT2D eigenvalue weighted by Crippen LogP contribution is 2.26. The van der Waals surface area contributed by atoms with Gasteiger partial charge < -0.3 is 25.3 Å². The summed E-state index contributed by atoms with van der Waals surface area (Å²) in [5, 5.41) is 8.67. The summed E-state index contributed by atoms with van der Waals surface area (Å²) in [5.74, 6) is -0.686. The van der Waals surface area contributed by atoms with E-state index in [2.05, 4.69) is 16.0 Å². The average Bonchev–Trinajstić information content (AvgIpc) is 3.39. The maximum Gasteiger partial charge on any atom is 0.291 e. The molecule has 2 aromatic rings. The number of rotatable bonds is 7. The van der Waals surface area contributed by atoms with Crippen molar-refractivity contribution in [2.24, 2.45) is 0 Å². The SMILES string of the molecule is O=C(CNc1ccc(Cl)cc1NC(=O)c1ccco1)NCC(=O)N1CCCC1. The largest absolute Gasteiger partial charge is 0.459 e. The molecule has 0 spiro atoms. The molecule has 0 atom stereocenters. The number of hydrogen-bond donors (Lipinski definition) is 3. The maximum absolute atomic E-state index is 12.2. The first kappa shape index (κ1) is 19.8. The monoisotopic (exact) mass is 404 g/mol. The first-order valence-electron chi connectivity index (χ1n) is 8.95. The minimum absolute atomic E-state index is 0.0246. The number of furan rings is 1. The van der Waals surface area contributed by atoms with E-state index in [4.69, 9.17) is 16.0 Å². The van der Waals surface area contributed by atoms with Gasteiger partial charge in [-0.15, -0.1) is 0 Å². The smallest absolute Gasteiger partial charge is 0.291 e. The molecule has 3 rings (SSSR count). The number of amides is 3. The maximum atomic E-state index is 12.2. The molecule has 3 amide bonds. The number of nitrogens with zero attached hydrogens (tertiary/aromatic N) is 1. The molecule has 0 bridgehead atoms. The van der Waals surface area contributed by atoms with Crippen LogP contribution in [-0.4, -0.2) is 48.8 Å². The van der Waals surface area contributed by atoms with Gasteiger partial charge in [0.1, 0.15) is 0 Å². The lowest BCUT2D eigenvalue weighted by Crippen LogP contribution is -2.40. The van der Waals surface area contributed by atoms with Crippen LogP contribution < -0.4 is 16.0 Å². The molecule has 9 heteroatoms. The van der Waals surface area contributed by atoms with Crippen LogP contribution in [0.1, 0.15) is 23.4 Å². The summed E-state index contributed by atoms with van der Waals surface area (Å²) in [5.41, 5.74) is 0.931. The Hall–Kier alpha value is -3.00. The first-order chi connectivity index (χ1) is 13.5. The van der Waals surface area contributed by atoms with Crippen molar-refractivity contribution in [1.29, 1.82) is 0 Å². The number of anilines is 2. The molecule has 1 aromatic heterocycles. The summed E-state index contributed by atoms with van der Waals surface area (Å²) >= 11 is 6.01. The highest BCUT2D eigenvalue weighted by molar-refractivity contribution is 6.31. The molecule has 8 nitrogen and oxygen atoms in total. The van der Waals surface area contributed by atoms with Crippen LogP contribution in [0, 0.1) is 0 Å². The average molecular weight is 405 g/mol. The van der Waals surface area contributed by atoms with Crippen molar-refractivity contribution in [2.45, 2.75) is 12.8 Å². The summed E-state index contributed by atoms with van der Waals surface area (Å²) in [7, 11) is 0. The number of nitrogens with one attached hydrogen (secondary N) is 3. The Morgan fingerprint density at radius 1 is 1.07 bits per heavy atom. The lowest BCUT2D eigenvalue weighted by atomic mass is 10.2. The topological polar surface area (TPSA) is 104 Å². The zero-order chi connectivity index (χ0) is 19.9. The molecule has 1 fully saturated rings. The fourth-order valence-corrected chi connectivity index (χ4v) is 3.03. The van der Waals surface area contributed by atoms with E-state index in [1.165, 1.54) is 12.3 Å². The molecule has 28 heavy (non-hydrogen) atoms. The third kappa shape index (κ3) is 5.26. The lowest BCUT2D eigenvalue weighted by Gasteiger charge is -2.16. The Bertz CT molecular complexity index is 848. The highest BCUT2D eigenvalue weighted by Gasteiger charge is 2.18. The molecular weight excluding hydrogens is 384 g/mol. The van der Waals surface area contributed by atoms with Crippen LogP contribution in [0.15, 0.2) is 41.0 Å². The normalized spacial score (nSPS) is 13.2. The number of halogens is 1. The van der Waals surface area contributed by atoms with Crippen molar-refractivity contribution in [3.63, 3.8) is 0 Å². The van der Waals surface area contributed by atoms with Gasteiger partial charge in [0.2, 0.25) is 11.8 Å². The molecular formula is C19H21ClN4O4. The Labute approximate surface area is 167 Å². The molecule has 148 valence electrons. The molecule has 1 aliphatic rings. The summed E-state index contributed by atoms with van der Waals surface area (Å²) in [6, 6.07) is 8.02. The molecule has 2 heterocycles. The van der Waals surface area contributed by atoms with Crippen LogP contribution in [0.3, 0.4) is 0 Å². The van der Waals surface area contributed by atoms with Crippen molar-refractivity contribution in [1.82, 2.24) is 10.2 Å². The van der Waals surface area contributed by atoms with Crippen molar-refractivity contribution >= 4 is 40.7 Å². The van der Waals surface area contributed by atoms with E-state index in [1.807, 2.05) is 0 Å². The zero-order valence-electron chi connectivity index (χ0n) is 15.2. The van der Waals surface area contributed by atoms with Gasteiger partial charge in [-0.2, -0.15) is 0 Å². The molecule has 3 N–H and O–H groups in total. The number of carbonyl (C=O) groups excluding carboxylic acids is 3. The van der Waals surface area contributed by atoms with Crippen molar-refractivity contribution in [2.75, 3.05) is 36.8 Å². The highest BCUT2D eigenvalue weighted by atomic mass is 35.5. The first-order valence-corrected chi connectivity index (χ1v) is 9.33. The Morgan fingerprint density at radius 2 is 1.86 bits per heavy atom. The second-order valence-corrected chi connectivity index (χ2v) is 6.78. The van der Waals surface area contributed by atoms with Gasteiger partial charge in [0, 0.05) is 18.1 Å². The van der Waals surface area contributed by atoms with E-state index in [0.29, 0.717) is 16.4 Å². The summed E-state index contributed by atoms with van der Waals surface area (Å²) in [6.07, 6.45) is 3.41. The van der Waals surface area contributed by atoms with E-state index in [0.717, 1.165) is 25.9 Å². The molecule has 0 unspecified atom stereocenters. The number of carbonyl (C=O) groups is 3. The molecule has 0 aliphatic carbocycles. The van der Waals surface area contributed by atoms with E-state index >= 15 is 0 Å². The van der Waals surface area contributed by atoms with Crippen molar-refractivity contribution in [3.8, 4) is 0 Å². The second-order valence-electron chi connectivity index (χ2n) is 6.34. The van der Waals surface area contributed by atoms with E-state index in [9.17, 15) is 14.4 Å². The third-order valence-corrected chi connectivity index (χ3v) is 4.54. The predicted octanol–water partition coefficient (Wildman–Crippen LogP) is 2.34. The van der Waals surface area contributed by atoms with Gasteiger partial charge in [-0.25, -0.2) is 0 Å². The second kappa shape index (κ2) is 9.27. The molecule has 0 radical (unpaired) electrons. The van der Waals surface area contributed by atoms with Gasteiger partial charge in [0.25, 0.3) is 5.91 Å². The van der Waals surface area contributed by atoms with Crippen molar-refractivity contribution < 1.29 is 18.8 Å². The zero-order valence-corrected chi connectivity index (χ0v) is 15.9. The van der Waals surface area contributed by atoms with Crippen LogP contribution in [0.4, 0.5) is 11.4 Å². The van der Waals surface area contributed by atoms with Gasteiger partial charge >= 0.3 is 0 Å². The van der Waals surface area contributed by atoms with Gasteiger partial charge in [0.05, 0.1) is 30.7 Å². The summed E-state index contributed by atoms with van der Waals surface area (Å²) < 4.78 is 5.07. The molecule has 1 saturated heterocycles. The molecule has 1 aromatic carbocycles. The number of benzene rings is 1. The number of hydrogen-bond acceptors (Lipinski definition) is 5. The molecule has 1 aliphatic heterocycles. The summed E-state index contributed by atoms with van der Waals surface area (Å²) in [4.78, 5) is 37.9. The molecule has 0 saturated carbocycles. The predicted molar refractivity (Wildman–Crippen MR) is 105 cm³/mol. The minimum atomic E-state index is -0.434. The standard InChI is InChI=1S/C19H21ClN4O4/c20-13-5-6-14(15(10-13)23-19(27)16-4-3-9-28-16)21-11-17(25)22-12-18(26)24-7-1-2-8-24/h3-6,9-10,21H,1-2,7-8,11-12H2,(H,22,25)(H,23,27).